The number of carboxylic acid groups (broad SMARTS) is 1. The SMILES string of the molecule is CCOC(=O)c1c(F)cccc1CCC(=O)O. The minimum Gasteiger partial charge on any atom is -0.481 e. The number of carbonyl (C=O) groups excluding carboxylic acids is 1. The molecule has 1 aromatic carbocycles. The number of hydrogen-bond acceptors (Lipinski definition) is 3. The van der Waals surface area contributed by atoms with Gasteiger partial charge in [0.15, 0.2) is 0 Å². The van der Waals surface area contributed by atoms with Crippen molar-refractivity contribution in [2.75, 3.05) is 6.61 Å². The fourth-order valence-electron chi connectivity index (χ4n) is 1.45. The smallest absolute Gasteiger partial charge is 0.341 e. The number of ether oxygens (including phenoxy) is 1. The number of halogens is 1. The number of rotatable bonds is 5. The summed E-state index contributed by atoms with van der Waals surface area (Å²) in [5.74, 6) is -2.44. The fourth-order valence-corrected chi connectivity index (χ4v) is 1.45. The second-order valence-electron chi connectivity index (χ2n) is 3.39. The first-order chi connectivity index (χ1) is 8.06. The van der Waals surface area contributed by atoms with Gasteiger partial charge in [0.2, 0.25) is 0 Å². The standard InChI is InChI=1S/C12H13FO4/c1-2-17-12(16)11-8(6-7-10(14)15)4-3-5-9(11)13/h3-5H,2,6-7H2,1H3,(H,14,15). The minimum absolute atomic E-state index is 0.0985. The molecule has 0 unspecified atom stereocenters. The first-order valence-electron chi connectivity index (χ1n) is 5.22. The topological polar surface area (TPSA) is 63.6 Å². The number of esters is 1. The Hall–Kier alpha value is -1.91. The maximum atomic E-state index is 13.5. The van der Waals surface area contributed by atoms with Gasteiger partial charge in [-0.1, -0.05) is 12.1 Å². The molecule has 17 heavy (non-hydrogen) atoms. The van der Waals surface area contributed by atoms with E-state index in [2.05, 4.69) is 0 Å². The normalized spacial score (nSPS) is 10.0. The van der Waals surface area contributed by atoms with Gasteiger partial charge in [0.05, 0.1) is 12.2 Å². The van der Waals surface area contributed by atoms with Gasteiger partial charge in [-0.05, 0) is 25.0 Å². The lowest BCUT2D eigenvalue weighted by Crippen LogP contribution is -2.11. The molecule has 0 bridgehead atoms. The Bertz CT molecular complexity index is 429. The van der Waals surface area contributed by atoms with Crippen molar-refractivity contribution >= 4 is 11.9 Å². The van der Waals surface area contributed by atoms with E-state index in [0.717, 1.165) is 6.07 Å². The molecule has 92 valence electrons. The van der Waals surface area contributed by atoms with Crippen LogP contribution in [0.15, 0.2) is 18.2 Å². The maximum absolute atomic E-state index is 13.5. The van der Waals surface area contributed by atoms with E-state index in [1.54, 1.807) is 6.92 Å². The van der Waals surface area contributed by atoms with E-state index in [1.165, 1.54) is 12.1 Å². The third-order valence-corrected chi connectivity index (χ3v) is 2.19. The highest BCUT2D eigenvalue weighted by Gasteiger charge is 2.17. The Morgan fingerprint density at radius 2 is 2.12 bits per heavy atom. The predicted octanol–water partition coefficient (Wildman–Crippen LogP) is 2.02. The van der Waals surface area contributed by atoms with Crippen molar-refractivity contribution in [1.29, 1.82) is 0 Å². The molecule has 0 saturated carbocycles. The third kappa shape index (κ3) is 3.55. The first kappa shape index (κ1) is 13.2. The quantitative estimate of drug-likeness (QED) is 0.800. The lowest BCUT2D eigenvalue weighted by Gasteiger charge is -2.08. The molecule has 0 amide bonds. The van der Waals surface area contributed by atoms with Crippen molar-refractivity contribution in [3.8, 4) is 0 Å². The second-order valence-corrected chi connectivity index (χ2v) is 3.39. The van der Waals surface area contributed by atoms with Gasteiger partial charge in [-0.3, -0.25) is 4.79 Å². The van der Waals surface area contributed by atoms with E-state index in [1.807, 2.05) is 0 Å². The van der Waals surface area contributed by atoms with Crippen molar-refractivity contribution in [3.63, 3.8) is 0 Å². The van der Waals surface area contributed by atoms with Gasteiger partial charge < -0.3 is 9.84 Å². The van der Waals surface area contributed by atoms with E-state index < -0.39 is 17.8 Å². The summed E-state index contributed by atoms with van der Waals surface area (Å²) in [5.41, 5.74) is 0.182. The first-order valence-corrected chi connectivity index (χ1v) is 5.22. The predicted molar refractivity (Wildman–Crippen MR) is 58.3 cm³/mol. The van der Waals surface area contributed by atoms with Crippen LogP contribution < -0.4 is 0 Å². The van der Waals surface area contributed by atoms with Gasteiger partial charge in [-0.15, -0.1) is 0 Å². The molecule has 0 aliphatic rings. The highest BCUT2D eigenvalue weighted by molar-refractivity contribution is 5.91. The van der Waals surface area contributed by atoms with Gasteiger partial charge in [-0.2, -0.15) is 0 Å². The summed E-state index contributed by atoms with van der Waals surface area (Å²) >= 11 is 0. The van der Waals surface area contributed by atoms with Crippen LogP contribution in [0.3, 0.4) is 0 Å². The summed E-state index contributed by atoms with van der Waals surface area (Å²) in [4.78, 5) is 22.0. The van der Waals surface area contributed by atoms with Gasteiger partial charge in [0, 0.05) is 6.42 Å². The number of hydrogen-bond donors (Lipinski definition) is 1. The molecule has 0 saturated heterocycles. The third-order valence-electron chi connectivity index (χ3n) is 2.19. The van der Waals surface area contributed by atoms with Gasteiger partial charge in [0.25, 0.3) is 0 Å². The van der Waals surface area contributed by atoms with Crippen LogP contribution >= 0.6 is 0 Å². The average molecular weight is 240 g/mol. The Balaban J connectivity index is 2.99. The summed E-state index contributed by atoms with van der Waals surface area (Å²) in [6.45, 7) is 1.77. The summed E-state index contributed by atoms with van der Waals surface area (Å²) in [6.07, 6.45) is -0.0584. The Morgan fingerprint density at radius 1 is 1.41 bits per heavy atom. The van der Waals surface area contributed by atoms with Crippen molar-refractivity contribution in [3.05, 3.63) is 35.1 Å². The number of benzene rings is 1. The second kappa shape index (κ2) is 5.98. The highest BCUT2D eigenvalue weighted by Crippen LogP contribution is 2.16. The lowest BCUT2D eigenvalue weighted by molar-refractivity contribution is -0.136. The molecule has 1 N–H and O–H groups in total. The zero-order chi connectivity index (χ0) is 12.8. The summed E-state index contributed by atoms with van der Waals surface area (Å²) in [6, 6.07) is 4.12. The molecule has 0 fully saturated rings. The molecule has 0 heterocycles. The molecule has 0 spiro atoms. The molecule has 0 radical (unpaired) electrons. The van der Waals surface area contributed by atoms with E-state index in [0.29, 0.717) is 5.56 Å². The molecule has 1 rings (SSSR count). The molecule has 0 aromatic heterocycles. The van der Waals surface area contributed by atoms with Crippen LogP contribution in [-0.2, 0) is 16.0 Å². The monoisotopic (exact) mass is 240 g/mol. The van der Waals surface area contributed by atoms with Crippen molar-refractivity contribution < 1.29 is 23.8 Å². The summed E-state index contributed by atoms with van der Waals surface area (Å²) in [7, 11) is 0. The molecule has 0 atom stereocenters. The molecule has 0 aliphatic heterocycles. The number of aryl methyl sites for hydroxylation is 1. The number of carbonyl (C=O) groups is 2. The molecule has 1 aromatic rings. The minimum atomic E-state index is -0.996. The summed E-state index contributed by atoms with van der Waals surface area (Å²) in [5, 5.41) is 8.57. The van der Waals surface area contributed by atoms with Crippen molar-refractivity contribution in [1.82, 2.24) is 0 Å². The highest BCUT2D eigenvalue weighted by atomic mass is 19.1. The number of carboxylic acids is 1. The summed E-state index contributed by atoms with van der Waals surface area (Å²) < 4.78 is 18.2. The van der Waals surface area contributed by atoms with Crippen molar-refractivity contribution in [2.45, 2.75) is 19.8 Å². The Labute approximate surface area is 98.0 Å². The van der Waals surface area contributed by atoms with E-state index in [4.69, 9.17) is 9.84 Å². The molecule has 5 heteroatoms. The molecular weight excluding hydrogens is 227 g/mol. The van der Waals surface area contributed by atoms with Crippen LogP contribution in [0.4, 0.5) is 4.39 Å². The van der Waals surface area contributed by atoms with Gasteiger partial charge in [0.1, 0.15) is 5.82 Å². The van der Waals surface area contributed by atoms with Crippen LogP contribution in [0.1, 0.15) is 29.3 Å². The maximum Gasteiger partial charge on any atom is 0.341 e. The van der Waals surface area contributed by atoms with Crippen LogP contribution in [0.2, 0.25) is 0 Å². The van der Waals surface area contributed by atoms with Gasteiger partial charge in [-0.25, -0.2) is 9.18 Å². The molecule has 4 nitrogen and oxygen atoms in total. The van der Waals surface area contributed by atoms with Crippen LogP contribution in [0, 0.1) is 5.82 Å². The van der Waals surface area contributed by atoms with Crippen molar-refractivity contribution in [2.24, 2.45) is 0 Å². The average Bonchev–Trinajstić information content (AvgIpc) is 2.26. The van der Waals surface area contributed by atoms with E-state index in [9.17, 15) is 14.0 Å². The Morgan fingerprint density at radius 3 is 2.71 bits per heavy atom. The Kier molecular flexibility index (Phi) is 4.63. The van der Waals surface area contributed by atoms with Crippen LogP contribution in [0.5, 0.6) is 0 Å². The van der Waals surface area contributed by atoms with Crippen LogP contribution in [0.25, 0.3) is 0 Å². The zero-order valence-corrected chi connectivity index (χ0v) is 9.40. The van der Waals surface area contributed by atoms with E-state index in [-0.39, 0.29) is 25.0 Å². The molecule has 0 aliphatic carbocycles. The molecular formula is C12H13FO4. The zero-order valence-electron chi connectivity index (χ0n) is 9.40. The van der Waals surface area contributed by atoms with Gasteiger partial charge >= 0.3 is 11.9 Å². The van der Waals surface area contributed by atoms with Crippen LogP contribution in [-0.4, -0.2) is 23.7 Å². The fraction of sp³-hybridized carbons (Fsp3) is 0.333. The largest absolute Gasteiger partial charge is 0.481 e. The lowest BCUT2D eigenvalue weighted by atomic mass is 10.0. The number of aliphatic carboxylic acids is 1. The van der Waals surface area contributed by atoms with E-state index >= 15 is 0 Å².